The van der Waals surface area contributed by atoms with Crippen LogP contribution in [-0.4, -0.2) is 17.0 Å². The fourth-order valence-electron chi connectivity index (χ4n) is 2.94. The number of nitriles is 1. The number of nitrogens with zero attached hydrogens (tertiary/aromatic N) is 1. The standard InChI is InChI=1S/C17H22N2O3S/c1-17(2,3)10-4-5-11-12(9-18)16(23-13(11)8-10)19-14(20)6-7-15(21)22/h10H,4-8H2,1-3H3,(H,19,20)(H,21,22)/t10-/m0/s1. The van der Waals surface area contributed by atoms with Gasteiger partial charge < -0.3 is 10.4 Å². The van der Waals surface area contributed by atoms with Crippen molar-refractivity contribution in [2.75, 3.05) is 5.32 Å². The lowest BCUT2D eigenvalue weighted by Gasteiger charge is -2.33. The number of carbonyl (C=O) groups is 2. The third-order valence-electron chi connectivity index (χ3n) is 4.42. The molecule has 1 atom stereocenters. The van der Waals surface area contributed by atoms with Crippen molar-refractivity contribution < 1.29 is 14.7 Å². The molecule has 0 spiro atoms. The monoisotopic (exact) mass is 334 g/mol. The molecular formula is C17H22N2O3S. The first-order chi connectivity index (χ1) is 10.7. The van der Waals surface area contributed by atoms with Gasteiger partial charge >= 0.3 is 5.97 Å². The Balaban J connectivity index is 2.18. The number of carboxylic acids is 1. The minimum Gasteiger partial charge on any atom is -0.481 e. The average molecular weight is 334 g/mol. The first kappa shape index (κ1) is 17.5. The quantitative estimate of drug-likeness (QED) is 0.880. The number of thiophene rings is 1. The zero-order valence-electron chi connectivity index (χ0n) is 13.7. The van der Waals surface area contributed by atoms with E-state index in [1.807, 2.05) is 0 Å². The first-order valence-corrected chi connectivity index (χ1v) is 8.60. The maximum absolute atomic E-state index is 11.8. The summed E-state index contributed by atoms with van der Waals surface area (Å²) in [7, 11) is 0. The molecule has 1 aromatic heterocycles. The van der Waals surface area contributed by atoms with E-state index in [2.05, 4.69) is 32.2 Å². The second kappa shape index (κ2) is 6.71. The molecule has 1 amide bonds. The summed E-state index contributed by atoms with van der Waals surface area (Å²) in [6, 6.07) is 2.21. The van der Waals surface area contributed by atoms with E-state index in [0.717, 1.165) is 24.8 Å². The van der Waals surface area contributed by atoms with E-state index in [-0.39, 0.29) is 24.2 Å². The molecule has 0 saturated carbocycles. The lowest BCUT2D eigenvalue weighted by Crippen LogP contribution is -2.26. The Morgan fingerprint density at radius 2 is 2.09 bits per heavy atom. The van der Waals surface area contributed by atoms with Crippen molar-refractivity contribution in [2.45, 2.75) is 52.9 Å². The molecule has 0 aliphatic heterocycles. The Kier molecular flexibility index (Phi) is 5.10. The fourth-order valence-corrected chi connectivity index (χ4v) is 4.24. The highest BCUT2D eigenvalue weighted by atomic mass is 32.1. The minimum atomic E-state index is -1.00. The van der Waals surface area contributed by atoms with Crippen LogP contribution in [0.3, 0.4) is 0 Å². The molecule has 0 bridgehead atoms. The molecule has 23 heavy (non-hydrogen) atoms. The van der Waals surface area contributed by atoms with Gasteiger partial charge in [-0.3, -0.25) is 9.59 Å². The Hall–Kier alpha value is -1.87. The van der Waals surface area contributed by atoms with Crippen LogP contribution in [0.25, 0.3) is 0 Å². The van der Waals surface area contributed by atoms with Gasteiger partial charge in [0.2, 0.25) is 5.91 Å². The zero-order chi connectivity index (χ0) is 17.2. The molecular weight excluding hydrogens is 312 g/mol. The van der Waals surface area contributed by atoms with Crippen LogP contribution in [-0.2, 0) is 22.4 Å². The largest absolute Gasteiger partial charge is 0.481 e. The van der Waals surface area contributed by atoms with Gasteiger partial charge in [-0.1, -0.05) is 20.8 Å². The third kappa shape index (κ3) is 4.11. The SMILES string of the molecule is CC(C)(C)[C@H]1CCc2c(sc(NC(=O)CCC(=O)O)c2C#N)C1. The summed E-state index contributed by atoms with van der Waals surface area (Å²) < 4.78 is 0. The molecule has 0 radical (unpaired) electrons. The van der Waals surface area contributed by atoms with Gasteiger partial charge in [0.1, 0.15) is 11.1 Å². The molecule has 1 aliphatic rings. The van der Waals surface area contributed by atoms with E-state index >= 15 is 0 Å². The number of anilines is 1. The fraction of sp³-hybridized carbons (Fsp3) is 0.588. The summed E-state index contributed by atoms with van der Waals surface area (Å²) in [6.45, 7) is 6.70. The number of aliphatic carboxylic acids is 1. The molecule has 2 rings (SSSR count). The molecule has 6 heteroatoms. The molecule has 5 nitrogen and oxygen atoms in total. The Morgan fingerprint density at radius 3 is 2.65 bits per heavy atom. The predicted octanol–water partition coefficient (Wildman–Crippen LogP) is 3.57. The molecule has 0 unspecified atom stereocenters. The van der Waals surface area contributed by atoms with Crippen LogP contribution in [0.15, 0.2) is 0 Å². The third-order valence-corrected chi connectivity index (χ3v) is 5.59. The summed E-state index contributed by atoms with van der Waals surface area (Å²) in [5.41, 5.74) is 1.84. The lowest BCUT2D eigenvalue weighted by atomic mass is 9.72. The summed E-state index contributed by atoms with van der Waals surface area (Å²) in [5.74, 6) is -0.787. The Labute approximate surface area is 140 Å². The van der Waals surface area contributed by atoms with Crippen LogP contribution in [0.1, 0.15) is 56.0 Å². The number of hydrogen-bond donors (Lipinski definition) is 2. The second-order valence-electron chi connectivity index (χ2n) is 7.07. The molecule has 0 fully saturated rings. The van der Waals surface area contributed by atoms with Gasteiger partial charge in [-0.05, 0) is 36.2 Å². The molecule has 0 aromatic carbocycles. The molecule has 2 N–H and O–H groups in total. The summed E-state index contributed by atoms with van der Waals surface area (Å²) in [4.78, 5) is 23.6. The van der Waals surface area contributed by atoms with Gasteiger partial charge in [0.25, 0.3) is 0 Å². The van der Waals surface area contributed by atoms with Crippen molar-refractivity contribution in [1.29, 1.82) is 5.26 Å². The molecule has 0 saturated heterocycles. The van der Waals surface area contributed by atoms with E-state index < -0.39 is 5.97 Å². The second-order valence-corrected chi connectivity index (χ2v) is 8.17. The van der Waals surface area contributed by atoms with E-state index in [1.165, 1.54) is 16.2 Å². The van der Waals surface area contributed by atoms with Crippen LogP contribution >= 0.6 is 11.3 Å². The number of nitrogens with one attached hydrogen (secondary N) is 1. The van der Waals surface area contributed by atoms with E-state index in [0.29, 0.717) is 16.5 Å². The van der Waals surface area contributed by atoms with Crippen molar-refractivity contribution in [3.8, 4) is 6.07 Å². The maximum atomic E-state index is 11.8. The van der Waals surface area contributed by atoms with E-state index in [4.69, 9.17) is 5.11 Å². The summed E-state index contributed by atoms with van der Waals surface area (Å²) >= 11 is 1.47. The van der Waals surface area contributed by atoms with Crippen LogP contribution in [0.5, 0.6) is 0 Å². The zero-order valence-corrected chi connectivity index (χ0v) is 14.5. The molecule has 124 valence electrons. The number of carbonyl (C=O) groups excluding carboxylic acids is 1. The van der Waals surface area contributed by atoms with Crippen LogP contribution < -0.4 is 5.32 Å². The van der Waals surface area contributed by atoms with Gasteiger partial charge in [0, 0.05) is 11.3 Å². The summed E-state index contributed by atoms with van der Waals surface area (Å²) in [6.07, 6.45) is 2.57. The van der Waals surface area contributed by atoms with Crippen LogP contribution in [0.2, 0.25) is 0 Å². The predicted molar refractivity (Wildman–Crippen MR) is 89.5 cm³/mol. The molecule has 1 aliphatic carbocycles. The molecule has 1 heterocycles. The average Bonchev–Trinajstić information content (AvgIpc) is 2.80. The van der Waals surface area contributed by atoms with Crippen molar-refractivity contribution in [3.05, 3.63) is 16.0 Å². The maximum Gasteiger partial charge on any atom is 0.303 e. The lowest BCUT2D eigenvalue weighted by molar-refractivity contribution is -0.138. The first-order valence-electron chi connectivity index (χ1n) is 7.78. The normalized spacial score (nSPS) is 17.2. The van der Waals surface area contributed by atoms with Gasteiger partial charge in [-0.2, -0.15) is 5.26 Å². The number of amides is 1. The van der Waals surface area contributed by atoms with Crippen molar-refractivity contribution >= 4 is 28.2 Å². The van der Waals surface area contributed by atoms with E-state index in [1.54, 1.807) is 0 Å². The summed E-state index contributed by atoms with van der Waals surface area (Å²) in [5, 5.41) is 21.4. The van der Waals surface area contributed by atoms with Gasteiger partial charge in [0.15, 0.2) is 0 Å². The van der Waals surface area contributed by atoms with Crippen molar-refractivity contribution in [2.24, 2.45) is 11.3 Å². The van der Waals surface area contributed by atoms with Gasteiger partial charge in [0.05, 0.1) is 12.0 Å². The highest BCUT2D eigenvalue weighted by Crippen LogP contribution is 2.43. The Morgan fingerprint density at radius 1 is 1.39 bits per heavy atom. The topological polar surface area (TPSA) is 90.2 Å². The number of fused-ring (bicyclic) bond motifs is 1. The van der Waals surface area contributed by atoms with Crippen LogP contribution in [0.4, 0.5) is 5.00 Å². The van der Waals surface area contributed by atoms with Crippen molar-refractivity contribution in [1.82, 2.24) is 0 Å². The number of rotatable bonds is 4. The smallest absolute Gasteiger partial charge is 0.303 e. The van der Waals surface area contributed by atoms with Gasteiger partial charge in [-0.25, -0.2) is 0 Å². The number of carboxylic acid groups (broad SMARTS) is 1. The highest BCUT2D eigenvalue weighted by Gasteiger charge is 2.32. The molecule has 1 aromatic rings. The van der Waals surface area contributed by atoms with Crippen molar-refractivity contribution in [3.63, 3.8) is 0 Å². The minimum absolute atomic E-state index is 0.0760. The Bertz CT molecular complexity index is 665. The highest BCUT2D eigenvalue weighted by molar-refractivity contribution is 7.16. The van der Waals surface area contributed by atoms with Crippen LogP contribution in [0, 0.1) is 22.7 Å². The number of hydrogen-bond acceptors (Lipinski definition) is 4. The van der Waals surface area contributed by atoms with E-state index in [9.17, 15) is 14.9 Å². The van der Waals surface area contributed by atoms with Gasteiger partial charge in [-0.15, -0.1) is 11.3 Å².